The Bertz CT molecular complexity index is 1270. The van der Waals surface area contributed by atoms with Gasteiger partial charge in [-0.05, 0) is 45.4 Å². The number of fused-ring (bicyclic) bond motifs is 4. The van der Waals surface area contributed by atoms with Gasteiger partial charge in [0.15, 0.2) is 24.0 Å². The third-order valence-electron chi connectivity index (χ3n) is 6.75. The van der Waals surface area contributed by atoms with Crippen molar-refractivity contribution in [2.45, 2.75) is 83.1 Å². The van der Waals surface area contributed by atoms with E-state index >= 15 is 0 Å². The molecule has 3 fully saturated rings. The SMILES string of the molecule is CC1(C)O[C@@H]2O[C@@H](C(=O)NCc3nc4ccccc4n3Cc3ccccc3)[C@H]3OC(C)(C)O[C@@H]3[C@H]2O1. The molecule has 190 valence electrons. The van der Waals surface area contributed by atoms with E-state index in [9.17, 15) is 4.79 Å². The van der Waals surface area contributed by atoms with Crippen LogP contribution < -0.4 is 5.32 Å². The van der Waals surface area contributed by atoms with Crippen LogP contribution in [0.4, 0.5) is 0 Å². The third-order valence-corrected chi connectivity index (χ3v) is 6.75. The van der Waals surface area contributed by atoms with E-state index in [4.69, 9.17) is 28.7 Å². The topological polar surface area (TPSA) is 93.1 Å². The molecule has 3 aliphatic rings. The Kier molecular flexibility index (Phi) is 5.66. The van der Waals surface area contributed by atoms with Gasteiger partial charge in [-0.15, -0.1) is 0 Å². The lowest BCUT2D eigenvalue weighted by molar-refractivity contribution is -0.231. The van der Waals surface area contributed by atoms with Crippen LogP contribution in [-0.4, -0.2) is 57.7 Å². The summed E-state index contributed by atoms with van der Waals surface area (Å²) in [7, 11) is 0. The Labute approximate surface area is 209 Å². The van der Waals surface area contributed by atoms with Gasteiger partial charge in [0.2, 0.25) is 0 Å². The molecule has 0 saturated carbocycles. The number of carbonyl (C=O) groups excluding carboxylic acids is 1. The maximum atomic E-state index is 13.5. The molecule has 0 radical (unpaired) electrons. The van der Waals surface area contributed by atoms with Crippen LogP contribution in [0.15, 0.2) is 54.6 Å². The summed E-state index contributed by atoms with van der Waals surface area (Å²) < 4.78 is 32.4. The van der Waals surface area contributed by atoms with Crippen molar-refractivity contribution in [3.63, 3.8) is 0 Å². The molecule has 1 N–H and O–H groups in total. The normalized spacial score (nSPS) is 30.2. The van der Waals surface area contributed by atoms with E-state index in [2.05, 4.69) is 22.0 Å². The highest BCUT2D eigenvalue weighted by Gasteiger charge is 2.62. The molecule has 36 heavy (non-hydrogen) atoms. The van der Waals surface area contributed by atoms with Gasteiger partial charge >= 0.3 is 0 Å². The van der Waals surface area contributed by atoms with Gasteiger partial charge in [-0.1, -0.05) is 42.5 Å². The number of ether oxygens (including phenoxy) is 5. The second-order valence-corrected chi connectivity index (χ2v) is 10.4. The number of para-hydroxylation sites is 2. The smallest absolute Gasteiger partial charge is 0.252 e. The number of aromatic nitrogens is 2. The van der Waals surface area contributed by atoms with E-state index in [-0.39, 0.29) is 12.5 Å². The van der Waals surface area contributed by atoms with Crippen LogP contribution in [-0.2, 0) is 41.6 Å². The molecule has 5 atom stereocenters. The van der Waals surface area contributed by atoms with Gasteiger partial charge in [0.05, 0.1) is 17.6 Å². The summed E-state index contributed by atoms with van der Waals surface area (Å²) in [6.45, 7) is 8.16. The molecule has 1 aromatic heterocycles. The molecule has 6 rings (SSSR count). The Morgan fingerprint density at radius 2 is 1.56 bits per heavy atom. The minimum Gasteiger partial charge on any atom is -0.347 e. The molecular formula is C27H31N3O6. The molecular weight excluding hydrogens is 462 g/mol. The predicted octanol–water partition coefficient (Wildman–Crippen LogP) is 3.10. The molecule has 3 aliphatic heterocycles. The number of carbonyl (C=O) groups is 1. The summed E-state index contributed by atoms with van der Waals surface area (Å²) in [6.07, 6.45) is -3.23. The van der Waals surface area contributed by atoms with Crippen molar-refractivity contribution < 1.29 is 28.5 Å². The lowest BCUT2D eigenvalue weighted by Gasteiger charge is -2.36. The molecule has 9 heteroatoms. The second kappa shape index (κ2) is 8.64. The van der Waals surface area contributed by atoms with Crippen LogP contribution in [0.2, 0.25) is 0 Å². The van der Waals surface area contributed by atoms with Gasteiger partial charge in [-0.3, -0.25) is 4.79 Å². The zero-order valence-corrected chi connectivity index (χ0v) is 20.8. The highest BCUT2D eigenvalue weighted by atomic mass is 16.9. The van der Waals surface area contributed by atoms with Crippen molar-refractivity contribution in [1.29, 1.82) is 0 Å². The van der Waals surface area contributed by atoms with Crippen molar-refractivity contribution >= 4 is 16.9 Å². The first-order chi connectivity index (χ1) is 17.2. The Morgan fingerprint density at radius 1 is 0.889 bits per heavy atom. The summed E-state index contributed by atoms with van der Waals surface area (Å²) in [5, 5.41) is 3.02. The number of hydrogen-bond donors (Lipinski definition) is 1. The first-order valence-corrected chi connectivity index (χ1v) is 12.3. The number of rotatable bonds is 5. The summed E-state index contributed by atoms with van der Waals surface area (Å²) in [5.41, 5.74) is 3.04. The molecule has 4 heterocycles. The average molecular weight is 494 g/mol. The van der Waals surface area contributed by atoms with Gasteiger partial charge in [0.1, 0.15) is 24.1 Å². The third kappa shape index (κ3) is 4.31. The Morgan fingerprint density at radius 3 is 2.36 bits per heavy atom. The first kappa shape index (κ1) is 23.6. The lowest BCUT2D eigenvalue weighted by Crippen LogP contribution is -2.59. The van der Waals surface area contributed by atoms with Crippen LogP contribution in [0.5, 0.6) is 0 Å². The summed E-state index contributed by atoms with van der Waals surface area (Å²) in [5.74, 6) is -1.27. The zero-order chi connectivity index (χ0) is 25.1. The fraction of sp³-hybridized carbons (Fsp3) is 0.481. The largest absolute Gasteiger partial charge is 0.347 e. The van der Waals surface area contributed by atoms with Crippen LogP contribution in [0.3, 0.4) is 0 Å². The molecule has 1 amide bonds. The molecule has 2 aromatic carbocycles. The molecule has 3 aromatic rings. The van der Waals surface area contributed by atoms with E-state index < -0.39 is 42.3 Å². The number of nitrogens with zero attached hydrogens (tertiary/aromatic N) is 2. The van der Waals surface area contributed by atoms with Gasteiger partial charge in [0.25, 0.3) is 5.91 Å². The number of nitrogens with one attached hydrogen (secondary N) is 1. The maximum Gasteiger partial charge on any atom is 0.252 e. The minimum atomic E-state index is -0.914. The molecule has 3 saturated heterocycles. The average Bonchev–Trinajstić information content (AvgIpc) is 3.46. The monoisotopic (exact) mass is 493 g/mol. The maximum absolute atomic E-state index is 13.5. The van der Waals surface area contributed by atoms with Crippen molar-refractivity contribution in [2.75, 3.05) is 0 Å². The van der Waals surface area contributed by atoms with Gasteiger partial charge in [0, 0.05) is 6.54 Å². The van der Waals surface area contributed by atoms with Crippen LogP contribution in [0.25, 0.3) is 11.0 Å². The summed E-state index contributed by atoms with van der Waals surface area (Å²) in [6, 6.07) is 18.1. The highest BCUT2D eigenvalue weighted by Crippen LogP contribution is 2.44. The van der Waals surface area contributed by atoms with Crippen molar-refractivity contribution in [1.82, 2.24) is 14.9 Å². The van der Waals surface area contributed by atoms with Gasteiger partial charge in [-0.25, -0.2) is 4.98 Å². The summed E-state index contributed by atoms with van der Waals surface area (Å²) in [4.78, 5) is 18.2. The Hall–Kier alpha value is -2.82. The van der Waals surface area contributed by atoms with Crippen LogP contribution in [0, 0.1) is 0 Å². The molecule has 9 nitrogen and oxygen atoms in total. The minimum absolute atomic E-state index is 0.235. The number of hydrogen-bond acceptors (Lipinski definition) is 7. The van der Waals surface area contributed by atoms with E-state index in [0.717, 1.165) is 22.4 Å². The number of benzene rings is 2. The molecule has 0 aliphatic carbocycles. The fourth-order valence-electron chi connectivity index (χ4n) is 5.29. The van der Waals surface area contributed by atoms with E-state index in [1.807, 2.05) is 70.2 Å². The number of imidazole rings is 1. The number of amides is 1. The fourth-order valence-corrected chi connectivity index (χ4v) is 5.29. The second-order valence-electron chi connectivity index (χ2n) is 10.4. The van der Waals surface area contributed by atoms with Crippen molar-refractivity contribution in [3.05, 3.63) is 66.0 Å². The molecule has 0 bridgehead atoms. The van der Waals surface area contributed by atoms with E-state index in [1.54, 1.807) is 0 Å². The standard InChI is InChI=1S/C27H31N3O6/c1-26(2)33-20-21(34-26)23-25(36-27(3,4)35-23)32-22(20)24(31)28-14-19-29-17-12-8-9-13-18(17)30(19)15-16-10-6-5-7-11-16/h5-13,20-23,25H,14-15H2,1-4H3,(H,28,31)/t20-,21-,22+,23+,25-/m0/s1. The van der Waals surface area contributed by atoms with Crippen molar-refractivity contribution in [3.8, 4) is 0 Å². The van der Waals surface area contributed by atoms with E-state index in [1.165, 1.54) is 0 Å². The molecule has 0 unspecified atom stereocenters. The van der Waals surface area contributed by atoms with Gasteiger partial charge in [-0.2, -0.15) is 0 Å². The van der Waals surface area contributed by atoms with E-state index in [0.29, 0.717) is 6.54 Å². The Balaban J connectivity index is 1.23. The quantitative estimate of drug-likeness (QED) is 0.584. The lowest BCUT2D eigenvalue weighted by atomic mass is 9.98. The van der Waals surface area contributed by atoms with Crippen LogP contribution in [0.1, 0.15) is 39.1 Å². The predicted molar refractivity (Wildman–Crippen MR) is 130 cm³/mol. The summed E-state index contributed by atoms with van der Waals surface area (Å²) >= 11 is 0. The first-order valence-electron chi connectivity index (χ1n) is 12.3. The van der Waals surface area contributed by atoms with Crippen molar-refractivity contribution in [2.24, 2.45) is 0 Å². The highest BCUT2D eigenvalue weighted by molar-refractivity contribution is 5.82. The van der Waals surface area contributed by atoms with Crippen LogP contribution >= 0.6 is 0 Å². The van der Waals surface area contributed by atoms with Gasteiger partial charge < -0.3 is 33.6 Å². The zero-order valence-electron chi connectivity index (χ0n) is 20.8. The molecule has 0 spiro atoms.